The van der Waals surface area contributed by atoms with Gasteiger partial charge in [0, 0.05) is 0 Å². The molecule has 3 rings (SSSR count). The fraction of sp³-hybridized carbons (Fsp3) is 0.769. The molecule has 1 saturated carbocycles. The van der Waals surface area contributed by atoms with Crippen LogP contribution in [0.15, 0.2) is 11.1 Å². The molecule has 0 unspecified atom stereocenters. The summed E-state index contributed by atoms with van der Waals surface area (Å²) in [6.45, 7) is 4.09. The van der Waals surface area contributed by atoms with E-state index in [4.69, 9.17) is 4.74 Å². The number of hydrogen-bond donors (Lipinski definition) is 1. The molecule has 0 heterocycles. The van der Waals surface area contributed by atoms with Crippen LogP contribution < -0.4 is 0 Å². The Morgan fingerprint density at radius 2 is 2.31 bits per heavy atom. The zero-order valence-electron chi connectivity index (χ0n) is 10.2. The highest BCUT2D eigenvalue weighted by molar-refractivity contribution is 5.75. The largest absolute Gasteiger partial charge is 0.469 e. The number of ether oxygens (including phenoxy) is 1. The highest BCUT2D eigenvalue weighted by Crippen LogP contribution is 2.52. The molecular formula is C13H20O3. The SMILES string of the molecule is CCC1=C(C)[C@]2(O)CC[C@H]1C[C@@H]2C(=O)OC. The number of esters is 1. The third-order valence-corrected chi connectivity index (χ3v) is 4.46. The molecule has 0 radical (unpaired) electrons. The maximum atomic E-state index is 11.7. The van der Waals surface area contributed by atoms with E-state index in [9.17, 15) is 9.90 Å². The lowest BCUT2D eigenvalue weighted by molar-refractivity contribution is -0.159. The van der Waals surface area contributed by atoms with Crippen molar-refractivity contribution in [1.29, 1.82) is 0 Å². The zero-order chi connectivity index (χ0) is 11.9. The summed E-state index contributed by atoms with van der Waals surface area (Å²) in [6, 6.07) is 0. The molecule has 0 aromatic heterocycles. The van der Waals surface area contributed by atoms with Crippen LogP contribution in [-0.4, -0.2) is 23.8 Å². The summed E-state index contributed by atoms with van der Waals surface area (Å²) in [5.41, 5.74) is 1.44. The van der Waals surface area contributed by atoms with E-state index in [2.05, 4.69) is 6.92 Å². The molecule has 3 aliphatic carbocycles. The number of allylic oxidation sites excluding steroid dienone is 1. The van der Waals surface area contributed by atoms with Crippen LogP contribution in [0.4, 0.5) is 0 Å². The van der Waals surface area contributed by atoms with Gasteiger partial charge in [0.25, 0.3) is 0 Å². The Hall–Kier alpha value is -0.830. The second-order valence-electron chi connectivity index (χ2n) is 4.98. The molecule has 0 aromatic rings. The van der Waals surface area contributed by atoms with E-state index in [1.165, 1.54) is 12.7 Å². The molecule has 3 heteroatoms. The first-order valence-corrected chi connectivity index (χ1v) is 6.05. The van der Waals surface area contributed by atoms with E-state index in [1.807, 2.05) is 6.92 Å². The lowest BCUT2D eigenvalue weighted by atomic mass is 9.59. The summed E-state index contributed by atoms with van der Waals surface area (Å²) in [5.74, 6) is -0.142. The third kappa shape index (κ3) is 1.41. The topological polar surface area (TPSA) is 46.5 Å². The molecule has 16 heavy (non-hydrogen) atoms. The predicted octanol–water partition coefficient (Wildman–Crippen LogP) is 2.05. The van der Waals surface area contributed by atoms with E-state index in [0.29, 0.717) is 12.3 Å². The number of methoxy groups -OCH3 is 1. The minimum atomic E-state index is -0.937. The highest BCUT2D eigenvalue weighted by Gasteiger charge is 2.52. The van der Waals surface area contributed by atoms with Gasteiger partial charge in [0.15, 0.2) is 0 Å². The first kappa shape index (κ1) is 11.6. The monoisotopic (exact) mass is 224 g/mol. The molecule has 1 N–H and O–H groups in total. The standard InChI is InChI=1S/C13H20O3/c1-4-10-8(2)13(15)6-5-9(10)7-11(13)12(14)16-3/h9,11,15H,4-7H2,1-3H3/t9-,11+,13+/m0/s1. The summed E-state index contributed by atoms with van der Waals surface area (Å²) in [7, 11) is 1.40. The number of carbonyl (C=O) groups is 1. The van der Waals surface area contributed by atoms with Crippen molar-refractivity contribution in [2.24, 2.45) is 11.8 Å². The minimum Gasteiger partial charge on any atom is -0.469 e. The molecule has 1 fully saturated rings. The van der Waals surface area contributed by atoms with Crippen LogP contribution in [0.5, 0.6) is 0 Å². The lowest BCUT2D eigenvalue weighted by Gasteiger charge is -2.49. The fourth-order valence-corrected chi connectivity index (χ4v) is 3.50. The molecule has 2 bridgehead atoms. The van der Waals surface area contributed by atoms with Gasteiger partial charge in [-0.25, -0.2) is 0 Å². The average Bonchev–Trinajstić information content (AvgIpc) is 2.30. The Bertz CT molecular complexity index is 345. The van der Waals surface area contributed by atoms with Gasteiger partial charge >= 0.3 is 5.97 Å². The number of rotatable bonds is 2. The molecule has 3 nitrogen and oxygen atoms in total. The normalized spacial score (nSPS) is 37.8. The number of carbonyl (C=O) groups excluding carboxylic acids is 1. The molecule has 0 spiro atoms. The first-order valence-electron chi connectivity index (χ1n) is 6.05. The van der Waals surface area contributed by atoms with Crippen LogP contribution in [0.2, 0.25) is 0 Å². The smallest absolute Gasteiger partial charge is 0.311 e. The molecule has 0 aromatic carbocycles. The van der Waals surface area contributed by atoms with Crippen LogP contribution in [0.25, 0.3) is 0 Å². The van der Waals surface area contributed by atoms with Crippen molar-refractivity contribution in [3.63, 3.8) is 0 Å². The van der Waals surface area contributed by atoms with Gasteiger partial charge in [0.1, 0.15) is 0 Å². The fourth-order valence-electron chi connectivity index (χ4n) is 3.50. The van der Waals surface area contributed by atoms with E-state index in [-0.39, 0.29) is 11.9 Å². The van der Waals surface area contributed by atoms with Crippen molar-refractivity contribution >= 4 is 5.97 Å². The minimum absolute atomic E-state index is 0.262. The van der Waals surface area contributed by atoms with Crippen LogP contribution in [-0.2, 0) is 9.53 Å². The highest BCUT2D eigenvalue weighted by atomic mass is 16.5. The van der Waals surface area contributed by atoms with Crippen LogP contribution in [0.1, 0.15) is 39.5 Å². The van der Waals surface area contributed by atoms with Crippen molar-refractivity contribution in [2.75, 3.05) is 7.11 Å². The first-order chi connectivity index (χ1) is 7.54. The molecule has 0 amide bonds. The number of aliphatic hydroxyl groups is 1. The molecular weight excluding hydrogens is 204 g/mol. The summed E-state index contributed by atoms with van der Waals surface area (Å²) < 4.78 is 4.80. The van der Waals surface area contributed by atoms with E-state index >= 15 is 0 Å². The van der Waals surface area contributed by atoms with Gasteiger partial charge in [-0.15, -0.1) is 0 Å². The van der Waals surface area contributed by atoms with Gasteiger partial charge in [-0.3, -0.25) is 4.79 Å². The summed E-state index contributed by atoms with van der Waals surface area (Å²) >= 11 is 0. The third-order valence-electron chi connectivity index (χ3n) is 4.46. The Morgan fingerprint density at radius 1 is 1.62 bits per heavy atom. The molecule has 0 aliphatic heterocycles. The maximum Gasteiger partial charge on any atom is 0.311 e. The van der Waals surface area contributed by atoms with Gasteiger partial charge in [-0.05, 0) is 44.1 Å². The van der Waals surface area contributed by atoms with Crippen molar-refractivity contribution in [3.8, 4) is 0 Å². The van der Waals surface area contributed by atoms with Crippen molar-refractivity contribution < 1.29 is 14.6 Å². The van der Waals surface area contributed by atoms with Crippen molar-refractivity contribution in [3.05, 3.63) is 11.1 Å². The van der Waals surface area contributed by atoms with Crippen molar-refractivity contribution in [1.82, 2.24) is 0 Å². The van der Waals surface area contributed by atoms with Gasteiger partial charge < -0.3 is 9.84 Å². The van der Waals surface area contributed by atoms with Crippen LogP contribution >= 0.6 is 0 Å². The predicted molar refractivity (Wildman–Crippen MR) is 60.8 cm³/mol. The quantitative estimate of drug-likeness (QED) is 0.577. The van der Waals surface area contributed by atoms with Gasteiger partial charge in [0.05, 0.1) is 18.6 Å². The number of hydrogen-bond acceptors (Lipinski definition) is 3. The second kappa shape index (κ2) is 3.88. The molecule has 3 aliphatic rings. The van der Waals surface area contributed by atoms with Gasteiger partial charge in [-0.1, -0.05) is 12.5 Å². The van der Waals surface area contributed by atoms with E-state index in [0.717, 1.165) is 24.8 Å². The molecule has 90 valence electrons. The lowest BCUT2D eigenvalue weighted by Crippen LogP contribution is -2.52. The van der Waals surface area contributed by atoms with Crippen LogP contribution in [0.3, 0.4) is 0 Å². The number of fused-ring (bicyclic) bond motifs is 2. The van der Waals surface area contributed by atoms with E-state index < -0.39 is 5.60 Å². The zero-order valence-corrected chi connectivity index (χ0v) is 10.2. The Balaban J connectivity index is 2.40. The van der Waals surface area contributed by atoms with Gasteiger partial charge in [-0.2, -0.15) is 0 Å². The van der Waals surface area contributed by atoms with Crippen LogP contribution in [0, 0.1) is 11.8 Å². The molecule has 3 atom stereocenters. The van der Waals surface area contributed by atoms with Crippen molar-refractivity contribution in [2.45, 2.75) is 45.1 Å². The Kier molecular flexibility index (Phi) is 2.82. The second-order valence-corrected chi connectivity index (χ2v) is 4.98. The van der Waals surface area contributed by atoms with Gasteiger partial charge in [0.2, 0.25) is 0 Å². The Morgan fingerprint density at radius 3 is 2.88 bits per heavy atom. The summed E-state index contributed by atoms with van der Waals surface area (Å²) in [5, 5.41) is 10.7. The summed E-state index contributed by atoms with van der Waals surface area (Å²) in [6.07, 6.45) is 3.44. The molecule has 0 saturated heterocycles. The average molecular weight is 224 g/mol. The Labute approximate surface area is 96.5 Å². The maximum absolute atomic E-state index is 11.7. The van der Waals surface area contributed by atoms with E-state index in [1.54, 1.807) is 0 Å². The summed E-state index contributed by atoms with van der Waals surface area (Å²) in [4.78, 5) is 11.7.